The number of aliphatic hydroxyl groups excluding tert-OH is 10. The van der Waals surface area contributed by atoms with Gasteiger partial charge in [0.05, 0.1) is 84.0 Å². The second-order valence-corrected chi connectivity index (χ2v) is 10.0. The van der Waals surface area contributed by atoms with E-state index in [2.05, 4.69) is 0 Å². The lowest BCUT2D eigenvalue weighted by molar-refractivity contribution is -0.137. The maximum Gasteiger partial charge on any atom is 0.324 e. The van der Waals surface area contributed by atoms with Crippen LogP contribution in [0.2, 0.25) is 0 Å². The van der Waals surface area contributed by atoms with E-state index in [9.17, 15) is 45.6 Å². The SMILES string of the molecule is N/C(=C\N(N)CC(=O)O)COCCOCCOCCOCCN(C[C@H](O)[C@@H](O)[C@H](O)[C@H](O)CO)C[C@H](O)[C@@H](O)[C@H](O)[C@H](O)CO. The molecule has 0 heterocycles. The van der Waals surface area contributed by atoms with Gasteiger partial charge in [-0.2, -0.15) is 0 Å². The molecule has 0 saturated carbocycles. The van der Waals surface area contributed by atoms with E-state index in [0.717, 1.165) is 5.01 Å². The Labute approximate surface area is 260 Å². The molecule has 8 atom stereocenters. The number of ether oxygens (including phenoxy) is 4. The number of carboxylic acids is 1. The van der Waals surface area contributed by atoms with Crippen LogP contribution in [-0.2, 0) is 23.7 Å². The van der Waals surface area contributed by atoms with Crippen molar-refractivity contribution in [1.29, 1.82) is 0 Å². The quantitative estimate of drug-likeness (QED) is 0.0200. The Hall–Kier alpha value is -1.83. The van der Waals surface area contributed by atoms with Crippen molar-refractivity contribution in [1.82, 2.24) is 9.91 Å². The molecule has 0 bridgehead atoms. The second-order valence-electron chi connectivity index (χ2n) is 10.0. The van der Waals surface area contributed by atoms with Gasteiger partial charge in [-0.25, -0.2) is 5.84 Å². The van der Waals surface area contributed by atoms with E-state index in [-0.39, 0.29) is 65.1 Å². The third kappa shape index (κ3) is 20.1. The number of hydrogen-bond donors (Lipinski definition) is 13. The van der Waals surface area contributed by atoms with Crippen LogP contribution in [0.25, 0.3) is 0 Å². The minimum atomic E-state index is -1.89. The first kappa shape index (κ1) is 43.2. The van der Waals surface area contributed by atoms with Crippen molar-refractivity contribution in [2.24, 2.45) is 11.6 Å². The Balaban J connectivity index is 4.45. The summed E-state index contributed by atoms with van der Waals surface area (Å²) in [5, 5.41) is 107. The standard InChI is InChI=1S/C25H52N4O16/c26-16(9-29(27)12-21(36)37)15-45-8-7-44-6-5-43-4-3-42-2-1-28(10-17(32)22(38)24(40)19(34)13-30)11-18(33)23(39)25(41)20(35)14-31/h9,17-20,22-25,30-35,38-41H,1-8,10-15,26-27H2,(H,36,37)/b16-9-/t17-,18-,19+,20+,22+,23+,24+,25+/m0/s1. The smallest absolute Gasteiger partial charge is 0.324 e. The molecule has 0 saturated heterocycles. The first-order chi connectivity index (χ1) is 21.2. The highest BCUT2D eigenvalue weighted by Crippen LogP contribution is 2.11. The summed E-state index contributed by atoms with van der Waals surface area (Å²) in [5.41, 5.74) is 5.91. The van der Waals surface area contributed by atoms with Crippen molar-refractivity contribution in [3.05, 3.63) is 11.9 Å². The van der Waals surface area contributed by atoms with Crippen molar-refractivity contribution < 1.29 is 79.9 Å². The average molecular weight is 665 g/mol. The molecule has 0 aliphatic carbocycles. The fourth-order valence-electron chi connectivity index (χ4n) is 3.62. The molecule has 0 aromatic carbocycles. The number of carbonyl (C=O) groups is 1. The largest absolute Gasteiger partial charge is 0.480 e. The van der Waals surface area contributed by atoms with Gasteiger partial charge in [0.1, 0.15) is 43.2 Å². The van der Waals surface area contributed by atoms with Crippen LogP contribution in [0.15, 0.2) is 11.9 Å². The summed E-state index contributed by atoms with van der Waals surface area (Å²) < 4.78 is 21.5. The van der Waals surface area contributed by atoms with Gasteiger partial charge in [0.2, 0.25) is 0 Å². The zero-order chi connectivity index (χ0) is 34.4. The Morgan fingerprint density at radius 2 is 1.02 bits per heavy atom. The first-order valence-corrected chi connectivity index (χ1v) is 14.1. The van der Waals surface area contributed by atoms with Crippen LogP contribution in [0.3, 0.4) is 0 Å². The predicted molar refractivity (Wildman–Crippen MR) is 153 cm³/mol. The van der Waals surface area contributed by atoms with Gasteiger partial charge in [-0.1, -0.05) is 0 Å². The zero-order valence-electron chi connectivity index (χ0n) is 25.1. The van der Waals surface area contributed by atoms with E-state index < -0.39 is 87.6 Å². The summed E-state index contributed by atoms with van der Waals surface area (Å²) in [4.78, 5) is 11.9. The molecule has 0 rings (SSSR count). The molecular weight excluding hydrogens is 612 g/mol. The minimum absolute atomic E-state index is 0.0105. The van der Waals surface area contributed by atoms with Crippen LogP contribution in [0.4, 0.5) is 0 Å². The van der Waals surface area contributed by atoms with Gasteiger partial charge in [-0.05, 0) is 0 Å². The lowest BCUT2D eigenvalue weighted by Crippen LogP contribution is -2.53. The van der Waals surface area contributed by atoms with Gasteiger partial charge in [0.15, 0.2) is 0 Å². The molecule has 0 aromatic heterocycles. The molecular formula is C25H52N4O16. The van der Waals surface area contributed by atoms with Gasteiger partial charge in [0.25, 0.3) is 0 Å². The number of nitrogens with two attached hydrogens (primary N) is 2. The van der Waals surface area contributed by atoms with Crippen molar-refractivity contribution >= 4 is 5.97 Å². The number of hydrogen-bond acceptors (Lipinski definition) is 19. The van der Waals surface area contributed by atoms with Gasteiger partial charge < -0.3 is 85.9 Å². The molecule has 0 aliphatic heterocycles. The summed E-state index contributed by atoms with van der Waals surface area (Å²) in [6.45, 7) is -1.61. The molecule has 0 aliphatic rings. The number of aliphatic carboxylic acids is 1. The van der Waals surface area contributed by atoms with E-state index in [1.54, 1.807) is 0 Å². The fourth-order valence-corrected chi connectivity index (χ4v) is 3.62. The monoisotopic (exact) mass is 664 g/mol. The van der Waals surface area contributed by atoms with Crippen LogP contribution >= 0.6 is 0 Å². The number of hydrazine groups is 1. The molecule has 45 heavy (non-hydrogen) atoms. The van der Waals surface area contributed by atoms with Crippen molar-refractivity contribution in [2.75, 3.05) is 92.2 Å². The highest BCUT2D eigenvalue weighted by Gasteiger charge is 2.34. The maximum atomic E-state index is 10.5. The Morgan fingerprint density at radius 1 is 0.644 bits per heavy atom. The number of aliphatic hydroxyl groups is 10. The van der Waals surface area contributed by atoms with E-state index in [0.29, 0.717) is 0 Å². The van der Waals surface area contributed by atoms with Gasteiger partial charge in [0, 0.05) is 25.8 Å². The summed E-state index contributed by atoms with van der Waals surface area (Å²) in [5.74, 6) is 4.33. The second kappa shape index (κ2) is 25.3. The van der Waals surface area contributed by atoms with Crippen LogP contribution in [0, 0.1) is 0 Å². The number of carboxylic acid groups (broad SMARTS) is 1. The van der Waals surface area contributed by atoms with Gasteiger partial charge in [-0.15, -0.1) is 0 Å². The molecule has 15 N–H and O–H groups in total. The third-order valence-corrected chi connectivity index (χ3v) is 6.13. The van der Waals surface area contributed by atoms with Gasteiger partial charge >= 0.3 is 5.97 Å². The highest BCUT2D eigenvalue weighted by molar-refractivity contribution is 5.69. The van der Waals surface area contributed by atoms with E-state index in [4.69, 9.17) is 45.8 Å². The summed E-state index contributed by atoms with van der Waals surface area (Å²) in [7, 11) is 0. The van der Waals surface area contributed by atoms with Crippen LogP contribution < -0.4 is 11.6 Å². The van der Waals surface area contributed by atoms with Gasteiger partial charge in [-0.3, -0.25) is 9.69 Å². The Morgan fingerprint density at radius 3 is 1.42 bits per heavy atom. The van der Waals surface area contributed by atoms with Crippen molar-refractivity contribution in [2.45, 2.75) is 48.8 Å². The molecule has 0 spiro atoms. The predicted octanol–water partition coefficient (Wildman–Crippen LogP) is -7.71. The fraction of sp³-hybridized carbons (Fsp3) is 0.880. The third-order valence-electron chi connectivity index (χ3n) is 6.13. The maximum absolute atomic E-state index is 10.5. The van der Waals surface area contributed by atoms with E-state index in [1.807, 2.05) is 0 Å². The molecule has 0 amide bonds. The molecule has 0 radical (unpaired) electrons. The first-order valence-electron chi connectivity index (χ1n) is 14.1. The number of rotatable bonds is 29. The summed E-state index contributed by atoms with van der Waals surface area (Å²) in [6, 6.07) is 0. The number of nitrogens with zero attached hydrogens (tertiary/aromatic N) is 2. The van der Waals surface area contributed by atoms with Crippen molar-refractivity contribution in [3.63, 3.8) is 0 Å². The molecule has 0 unspecified atom stereocenters. The molecule has 0 fully saturated rings. The Bertz CT molecular complexity index is 757. The molecule has 0 aromatic rings. The normalized spacial score (nSPS) is 17.8. The molecule has 20 heteroatoms. The summed E-state index contributed by atoms with van der Waals surface area (Å²) >= 11 is 0. The molecule has 268 valence electrons. The minimum Gasteiger partial charge on any atom is -0.480 e. The van der Waals surface area contributed by atoms with E-state index >= 15 is 0 Å². The topological polar surface area (TPSA) is 335 Å². The highest BCUT2D eigenvalue weighted by atomic mass is 16.6. The summed E-state index contributed by atoms with van der Waals surface area (Å²) in [6.07, 6.45) is -13.1. The lowest BCUT2D eigenvalue weighted by Gasteiger charge is -2.33. The van der Waals surface area contributed by atoms with Crippen LogP contribution in [0.5, 0.6) is 0 Å². The van der Waals surface area contributed by atoms with Crippen LogP contribution in [0.1, 0.15) is 0 Å². The van der Waals surface area contributed by atoms with Crippen LogP contribution in [-0.4, -0.2) is 213 Å². The van der Waals surface area contributed by atoms with E-state index in [1.165, 1.54) is 11.1 Å². The Kier molecular flexibility index (Phi) is 24.3. The zero-order valence-corrected chi connectivity index (χ0v) is 25.1. The van der Waals surface area contributed by atoms with Crippen molar-refractivity contribution in [3.8, 4) is 0 Å². The lowest BCUT2D eigenvalue weighted by atomic mass is 10.0. The molecule has 20 nitrogen and oxygen atoms in total. The average Bonchev–Trinajstić information content (AvgIpc) is 2.99.